The quantitative estimate of drug-likeness (QED) is 0.0437. The summed E-state index contributed by atoms with van der Waals surface area (Å²) in [6.07, 6.45) is 4.19. The number of para-hydroxylation sites is 4. The fraction of sp³-hybridized carbons (Fsp3) is 0.304. The van der Waals surface area contributed by atoms with Gasteiger partial charge in [-0.05, 0) is 53.4 Å². The molecule has 0 bridgehead atoms. The number of benzene rings is 4. The Labute approximate surface area is 465 Å². The van der Waals surface area contributed by atoms with Crippen LogP contribution >= 0.6 is 0 Å². The van der Waals surface area contributed by atoms with Crippen LogP contribution in [0.4, 0.5) is 0 Å². The molecule has 0 saturated carbocycles. The number of carboxylic acid groups (broad SMARTS) is 7. The highest BCUT2D eigenvalue weighted by Gasteiger charge is 2.43. The van der Waals surface area contributed by atoms with Gasteiger partial charge in [0, 0.05) is 126 Å². The number of nitrogens with one attached hydrogen (secondary N) is 4. The highest BCUT2D eigenvalue weighted by molar-refractivity contribution is 5.89. The maximum atomic E-state index is 11.3. The first-order valence-electron chi connectivity index (χ1n) is 25.2. The molecule has 0 radical (unpaired) electrons. The van der Waals surface area contributed by atoms with E-state index in [4.69, 9.17) is 38.3 Å². The van der Waals surface area contributed by atoms with E-state index >= 15 is 0 Å². The number of rotatable bonds is 23. The summed E-state index contributed by atoms with van der Waals surface area (Å²) in [5.74, 6) is -9.79. The van der Waals surface area contributed by atoms with Crippen molar-refractivity contribution >= 4 is 85.4 Å². The number of H-pyrrole nitrogens is 4. The van der Waals surface area contributed by atoms with Crippen molar-refractivity contribution in [1.82, 2.24) is 19.9 Å². The normalized spacial score (nSPS) is 15.7. The molecule has 23 N–H and O–H groups in total. The minimum atomic E-state index is -2.23. The zero-order chi connectivity index (χ0) is 60.9. The van der Waals surface area contributed by atoms with Crippen LogP contribution in [0.5, 0.6) is 0 Å². The molecule has 4 aromatic heterocycles. The van der Waals surface area contributed by atoms with Crippen molar-refractivity contribution in [3.63, 3.8) is 0 Å². The lowest BCUT2D eigenvalue weighted by Gasteiger charge is -2.25. The number of carboxylic acids is 7. The second-order valence-corrected chi connectivity index (χ2v) is 20.1. The average molecular weight is 1140 g/mol. The van der Waals surface area contributed by atoms with Gasteiger partial charge in [0.25, 0.3) is 0 Å². The van der Waals surface area contributed by atoms with Crippen LogP contribution in [0.25, 0.3) is 43.6 Å². The van der Waals surface area contributed by atoms with E-state index in [2.05, 4.69) is 19.9 Å². The fourth-order valence-corrected chi connectivity index (χ4v) is 9.20. The van der Waals surface area contributed by atoms with E-state index in [-0.39, 0.29) is 38.1 Å². The zero-order valence-electron chi connectivity index (χ0n) is 44.1. The molecule has 0 unspecified atom stereocenters. The minimum Gasteiger partial charge on any atom is -0.480 e. The van der Waals surface area contributed by atoms with Crippen molar-refractivity contribution < 1.29 is 89.7 Å². The SMILES string of the molecule is C[C@@H](N)C[C@@](O)(Cc1c[nH]c2ccccc12)C(=O)O.N[C@@H](C[C@](O)(Cc1c[nH]c2ccccc12)C(=O)O)C(=O)O.N[C@H](C[C@@](O)(Cc1c[nH]c2ccccc12)C(=O)O)C(=O)O.N[C@H](C[C@](O)(Cc1c[nH]c2ccccc12)C(=O)O)C(=O)O. The second kappa shape index (κ2) is 27.0. The Morgan fingerprint density at radius 2 is 0.561 bits per heavy atom. The zero-order valence-corrected chi connectivity index (χ0v) is 44.1. The topological polar surface area (TPSA) is 509 Å². The Morgan fingerprint density at radius 3 is 0.744 bits per heavy atom. The first-order chi connectivity index (χ1) is 38.4. The molecule has 0 saturated heterocycles. The third-order valence-corrected chi connectivity index (χ3v) is 13.5. The number of aliphatic carboxylic acids is 7. The summed E-state index contributed by atoms with van der Waals surface area (Å²) < 4.78 is 0. The van der Waals surface area contributed by atoms with Crippen molar-refractivity contribution in [1.29, 1.82) is 0 Å². The Morgan fingerprint density at radius 1 is 0.366 bits per heavy atom. The number of hydrogen-bond acceptors (Lipinski definition) is 15. The Balaban J connectivity index is 0.000000201. The molecule has 0 aliphatic carbocycles. The van der Waals surface area contributed by atoms with E-state index in [0.29, 0.717) is 16.7 Å². The van der Waals surface area contributed by atoms with E-state index < -0.39 is 102 Å². The van der Waals surface area contributed by atoms with Crippen molar-refractivity contribution in [3.05, 3.63) is 144 Å². The summed E-state index contributed by atoms with van der Waals surface area (Å²) in [5.41, 5.74) is 19.0. The number of fused-ring (bicyclic) bond motifs is 4. The highest BCUT2D eigenvalue weighted by Crippen LogP contribution is 2.30. The fourth-order valence-electron chi connectivity index (χ4n) is 9.20. The molecular weight excluding hydrogens is 1070 g/mol. The van der Waals surface area contributed by atoms with Gasteiger partial charge in [0.15, 0.2) is 22.4 Å². The number of carbonyl (C=O) groups is 7. The van der Waals surface area contributed by atoms with Gasteiger partial charge in [-0.2, -0.15) is 0 Å². The second-order valence-electron chi connectivity index (χ2n) is 20.1. The maximum absolute atomic E-state index is 11.3. The van der Waals surface area contributed by atoms with Crippen LogP contribution in [-0.4, -0.2) is 164 Å². The molecule has 8 rings (SSSR count). The number of nitrogens with two attached hydrogens (primary N) is 4. The Bertz CT molecular complexity index is 3270. The monoisotopic (exact) mass is 1140 g/mol. The van der Waals surface area contributed by atoms with E-state index in [0.717, 1.165) is 49.2 Å². The molecule has 438 valence electrons. The molecule has 82 heavy (non-hydrogen) atoms. The number of aromatic nitrogens is 4. The minimum absolute atomic E-state index is 0.0157. The van der Waals surface area contributed by atoms with Crippen LogP contribution in [-0.2, 0) is 59.2 Å². The van der Waals surface area contributed by atoms with Crippen LogP contribution in [0.2, 0.25) is 0 Å². The van der Waals surface area contributed by atoms with Gasteiger partial charge in [0.2, 0.25) is 0 Å². The molecule has 4 heterocycles. The Hall–Kier alpha value is -8.99. The maximum Gasteiger partial charge on any atom is 0.336 e. The summed E-state index contributed by atoms with van der Waals surface area (Å²) >= 11 is 0. The standard InChI is InChI=1S/3C14H16N2O5.C14H18N2O3/c3*15-10(12(17)18)6-14(21,13(19)20)5-8-7-16-11-4-2-1-3-9(8)11;1-9(15)6-14(19,13(17)18)7-10-8-16-12-5-3-2-4-11(10)12/h3*1-4,7,10,16,21H,5-6,15H2,(H,17,18)(H,19,20);2-5,8-9,16,19H,6-7,15H2,1H3,(H,17,18)/t2*10-,14+;10-,14-;9-,14-/m1011/s1. The van der Waals surface area contributed by atoms with Crippen LogP contribution in [0.3, 0.4) is 0 Å². The summed E-state index contributed by atoms with van der Waals surface area (Å²) in [4.78, 5) is 89.6. The summed E-state index contributed by atoms with van der Waals surface area (Å²) in [7, 11) is 0. The summed E-state index contributed by atoms with van der Waals surface area (Å²) in [6.45, 7) is 1.68. The molecule has 26 nitrogen and oxygen atoms in total. The van der Waals surface area contributed by atoms with Gasteiger partial charge in [-0.15, -0.1) is 0 Å². The van der Waals surface area contributed by atoms with Crippen molar-refractivity contribution in [2.45, 2.75) is 105 Å². The van der Waals surface area contributed by atoms with E-state index in [1.165, 1.54) is 0 Å². The van der Waals surface area contributed by atoms with E-state index in [1.807, 2.05) is 60.7 Å². The average Bonchev–Trinajstić information content (AvgIpc) is 4.41. The smallest absolute Gasteiger partial charge is 0.336 e. The molecule has 26 heteroatoms. The van der Waals surface area contributed by atoms with Crippen LogP contribution in [0.15, 0.2) is 122 Å². The van der Waals surface area contributed by atoms with Gasteiger partial charge in [-0.1, -0.05) is 72.8 Å². The lowest BCUT2D eigenvalue weighted by atomic mass is 9.88. The molecular formula is C56H66N8O18. The molecule has 0 aliphatic heterocycles. The van der Waals surface area contributed by atoms with Gasteiger partial charge in [-0.25, -0.2) is 19.2 Å². The van der Waals surface area contributed by atoms with Crippen LogP contribution < -0.4 is 22.9 Å². The first kappa shape index (κ1) is 63.8. The van der Waals surface area contributed by atoms with Gasteiger partial charge >= 0.3 is 41.8 Å². The first-order valence-corrected chi connectivity index (χ1v) is 25.2. The van der Waals surface area contributed by atoms with E-state index in [9.17, 15) is 74.4 Å². The van der Waals surface area contributed by atoms with Gasteiger partial charge in [0.05, 0.1) is 0 Å². The number of aliphatic hydroxyl groups is 4. The number of aromatic amines is 4. The lowest BCUT2D eigenvalue weighted by molar-refractivity contribution is -0.161. The van der Waals surface area contributed by atoms with Crippen LogP contribution in [0, 0.1) is 0 Å². The molecule has 0 spiro atoms. The molecule has 8 aromatic rings. The predicted octanol–water partition coefficient (Wildman–Crippen LogP) is 2.25. The molecule has 0 amide bonds. The molecule has 0 fully saturated rings. The van der Waals surface area contributed by atoms with Crippen LogP contribution in [0.1, 0.15) is 54.9 Å². The largest absolute Gasteiger partial charge is 0.480 e. The van der Waals surface area contributed by atoms with Crippen molar-refractivity contribution in [2.75, 3.05) is 0 Å². The third-order valence-electron chi connectivity index (χ3n) is 13.5. The molecule has 4 aromatic carbocycles. The predicted molar refractivity (Wildman–Crippen MR) is 297 cm³/mol. The Kier molecular flexibility index (Phi) is 21.0. The summed E-state index contributed by atoms with van der Waals surface area (Å²) in [6, 6.07) is 24.6. The van der Waals surface area contributed by atoms with E-state index in [1.54, 1.807) is 68.1 Å². The number of hydrogen-bond donors (Lipinski definition) is 19. The van der Waals surface area contributed by atoms with Crippen molar-refractivity contribution in [3.8, 4) is 0 Å². The molecule has 0 aliphatic rings. The van der Waals surface area contributed by atoms with Gasteiger partial charge < -0.3 is 99.0 Å². The van der Waals surface area contributed by atoms with Gasteiger partial charge in [0.1, 0.15) is 18.1 Å². The lowest BCUT2D eigenvalue weighted by Crippen LogP contribution is -2.48. The summed E-state index contributed by atoms with van der Waals surface area (Å²) in [5, 5.41) is 108. The van der Waals surface area contributed by atoms with Gasteiger partial charge in [-0.3, -0.25) is 14.4 Å². The van der Waals surface area contributed by atoms with Crippen molar-refractivity contribution in [2.24, 2.45) is 22.9 Å². The molecule has 8 atom stereocenters. The highest BCUT2D eigenvalue weighted by atomic mass is 16.4. The third kappa shape index (κ3) is 16.1.